The summed E-state index contributed by atoms with van der Waals surface area (Å²) in [6.07, 6.45) is 3.58. The Morgan fingerprint density at radius 3 is 2.81 bits per heavy atom. The fourth-order valence-corrected chi connectivity index (χ4v) is 4.00. The first kappa shape index (κ1) is 19.1. The molecule has 1 aromatic carbocycles. The average Bonchev–Trinajstić information content (AvgIpc) is 3.05. The highest BCUT2D eigenvalue weighted by molar-refractivity contribution is 7.89. The molecule has 0 aliphatic carbocycles. The number of imidazole rings is 1. The lowest BCUT2D eigenvalue weighted by Crippen LogP contribution is -2.27. The van der Waals surface area contributed by atoms with E-state index in [4.69, 9.17) is 4.74 Å². The Labute approximate surface area is 158 Å². The van der Waals surface area contributed by atoms with Crippen LogP contribution in [0.5, 0.6) is 0 Å². The van der Waals surface area contributed by atoms with E-state index in [0.29, 0.717) is 11.3 Å². The van der Waals surface area contributed by atoms with Crippen LogP contribution in [0.25, 0.3) is 5.65 Å². The SMILES string of the molecule is Cc1ccc(C)c(S(=O)(=O)NCCC(=O)OCc2cn3ccccc3n2)c1. The van der Waals surface area contributed by atoms with Gasteiger partial charge in [-0.3, -0.25) is 4.79 Å². The minimum atomic E-state index is -3.67. The summed E-state index contributed by atoms with van der Waals surface area (Å²) in [5.74, 6) is -0.490. The molecule has 2 heterocycles. The highest BCUT2D eigenvalue weighted by Gasteiger charge is 2.17. The van der Waals surface area contributed by atoms with Gasteiger partial charge in [-0.1, -0.05) is 18.2 Å². The molecule has 0 aliphatic rings. The fraction of sp³-hybridized carbons (Fsp3) is 0.263. The molecule has 8 heteroatoms. The minimum Gasteiger partial charge on any atom is -0.459 e. The zero-order valence-corrected chi connectivity index (χ0v) is 16.0. The number of benzene rings is 1. The summed E-state index contributed by atoms with van der Waals surface area (Å²) in [4.78, 5) is 16.4. The third-order valence-corrected chi connectivity index (χ3v) is 5.65. The Hall–Kier alpha value is -2.71. The number of sulfonamides is 1. The van der Waals surface area contributed by atoms with E-state index in [1.54, 1.807) is 25.3 Å². The van der Waals surface area contributed by atoms with E-state index in [-0.39, 0.29) is 24.5 Å². The quantitative estimate of drug-likeness (QED) is 0.629. The summed E-state index contributed by atoms with van der Waals surface area (Å²) in [6, 6.07) is 10.8. The molecule has 7 nitrogen and oxygen atoms in total. The lowest BCUT2D eigenvalue weighted by molar-refractivity contribution is -0.144. The van der Waals surface area contributed by atoms with E-state index < -0.39 is 16.0 Å². The molecule has 0 radical (unpaired) electrons. The van der Waals surface area contributed by atoms with E-state index in [1.807, 2.05) is 41.8 Å². The van der Waals surface area contributed by atoms with Crippen LogP contribution < -0.4 is 4.72 Å². The number of carbonyl (C=O) groups excluding carboxylic acids is 1. The maximum absolute atomic E-state index is 12.4. The highest BCUT2D eigenvalue weighted by atomic mass is 32.2. The molecule has 27 heavy (non-hydrogen) atoms. The molecule has 0 saturated carbocycles. The standard InChI is InChI=1S/C19H21N3O4S/c1-14-6-7-15(2)17(11-14)27(24,25)20-9-8-19(23)26-13-16-12-22-10-4-3-5-18(22)21-16/h3-7,10-12,20H,8-9,13H2,1-2H3. The smallest absolute Gasteiger partial charge is 0.307 e. The summed E-state index contributed by atoms with van der Waals surface area (Å²) in [5.41, 5.74) is 2.91. The predicted molar refractivity (Wildman–Crippen MR) is 101 cm³/mol. The molecule has 2 aromatic heterocycles. The minimum absolute atomic E-state index is 0.0281. The Bertz CT molecular complexity index is 1040. The second-order valence-corrected chi connectivity index (χ2v) is 8.01. The number of hydrogen-bond acceptors (Lipinski definition) is 5. The van der Waals surface area contributed by atoms with Gasteiger partial charge in [0.05, 0.1) is 17.0 Å². The van der Waals surface area contributed by atoms with Crippen molar-refractivity contribution in [1.29, 1.82) is 0 Å². The number of fused-ring (bicyclic) bond motifs is 1. The molecular weight excluding hydrogens is 366 g/mol. The molecule has 0 atom stereocenters. The number of nitrogens with one attached hydrogen (secondary N) is 1. The monoisotopic (exact) mass is 387 g/mol. The van der Waals surface area contributed by atoms with Crippen molar-refractivity contribution in [3.05, 3.63) is 65.6 Å². The molecule has 3 aromatic rings. The third-order valence-electron chi connectivity index (χ3n) is 4.05. The number of pyridine rings is 1. The van der Waals surface area contributed by atoms with Gasteiger partial charge in [-0.05, 0) is 43.2 Å². The molecule has 3 rings (SSSR count). The molecule has 0 aliphatic heterocycles. The topological polar surface area (TPSA) is 89.8 Å². The van der Waals surface area contributed by atoms with Crippen LogP contribution in [0, 0.1) is 13.8 Å². The normalized spacial score (nSPS) is 11.6. The lowest BCUT2D eigenvalue weighted by atomic mass is 10.2. The van der Waals surface area contributed by atoms with Gasteiger partial charge in [-0.15, -0.1) is 0 Å². The molecule has 0 fully saturated rings. The van der Waals surface area contributed by atoms with E-state index in [2.05, 4.69) is 9.71 Å². The summed E-state index contributed by atoms with van der Waals surface area (Å²) in [7, 11) is -3.67. The summed E-state index contributed by atoms with van der Waals surface area (Å²) in [6.45, 7) is 3.58. The number of nitrogens with zero attached hydrogens (tertiary/aromatic N) is 2. The number of hydrogen-bond donors (Lipinski definition) is 1. The van der Waals surface area contributed by atoms with E-state index in [0.717, 1.165) is 11.2 Å². The van der Waals surface area contributed by atoms with E-state index >= 15 is 0 Å². The van der Waals surface area contributed by atoms with Crippen LogP contribution in [0.3, 0.4) is 0 Å². The molecule has 0 saturated heterocycles. The van der Waals surface area contributed by atoms with E-state index in [9.17, 15) is 13.2 Å². The van der Waals surface area contributed by atoms with Gasteiger partial charge in [0.1, 0.15) is 12.3 Å². The van der Waals surface area contributed by atoms with Gasteiger partial charge in [0, 0.05) is 18.9 Å². The first-order valence-electron chi connectivity index (χ1n) is 8.50. The Balaban J connectivity index is 1.51. The molecular formula is C19H21N3O4S. The second kappa shape index (κ2) is 7.89. The van der Waals surface area contributed by atoms with Crippen LogP contribution in [0.15, 0.2) is 53.7 Å². The van der Waals surface area contributed by atoms with Crippen molar-refractivity contribution in [2.75, 3.05) is 6.54 Å². The maximum Gasteiger partial charge on any atom is 0.307 e. The van der Waals surface area contributed by atoms with Crippen molar-refractivity contribution < 1.29 is 17.9 Å². The number of carbonyl (C=O) groups is 1. The highest BCUT2D eigenvalue weighted by Crippen LogP contribution is 2.16. The Morgan fingerprint density at radius 2 is 2.04 bits per heavy atom. The van der Waals surface area contributed by atoms with Gasteiger partial charge in [-0.2, -0.15) is 0 Å². The third kappa shape index (κ3) is 4.72. The van der Waals surface area contributed by atoms with Gasteiger partial charge >= 0.3 is 5.97 Å². The predicted octanol–water partition coefficient (Wildman–Crippen LogP) is 2.36. The Kier molecular flexibility index (Phi) is 5.57. The average molecular weight is 387 g/mol. The van der Waals surface area contributed by atoms with Crippen molar-refractivity contribution in [3.63, 3.8) is 0 Å². The van der Waals surface area contributed by atoms with Crippen LogP contribution in [0.2, 0.25) is 0 Å². The summed E-state index contributed by atoms with van der Waals surface area (Å²) in [5, 5.41) is 0. The molecule has 0 unspecified atom stereocenters. The number of aromatic nitrogens is 2. The van der Waals surface area contributed by atoms with Gasteiger partial charge < -0.3 is 9.14 Å². The first-order valence-corrected chi connectivity index (χ1v) is 9.98. The van der Waals surface area contributed by atoms with Gasteiger partial charge in [-0.25, -0.2) is 18.1 Å². The van der Waals surface area contributed by atoms with Crippen LogP contribution in [0.4, 0.5) is 0 Å². The van der Waals surface area contributed by atoms with Gasteiger partial charge in [0.25, 0.3) is 0 Å². The number of ether oxygens (including phenoxy) is 1. The fourth-order valence-electron chi connectivity index (χ4n) is 2.65. The van der Waals surface area contributed by atoms with Crippen molar-refractivity contribution >= 4 is 21.6 Å². The zero-order chi connectivity index (χ0) is 19.4. The maximum atomic E-state index is 12.4. The molecule has 0 bridgehead atoms. The number of rotatable bonds is 7. The zero-order valence-electron chi connectivity index (χ0n) is 15.2. The molecule has 0 amide bonds. The van der Waals surface area contributed by atoms with Gasteiger partial charge in [0.15, 0.2) is 0 Å². The van der Waals surface area contributed by atoms with Crippen molar-refractivity contribution in [2.24, 2.45) is 0 Å². The lowest BCUT2D eigenvalue weighted by Gasteiger charge is -2.10. The van der Waals surface area contributed by atoms with Crippen LogP contribution in [-0.2, 0) is 26.2 Å². The van der Waals surface area contributed by atoms with Crippen molar-refractivity contribution in [3.8, 4) is 0 Å². The second-order valence-electron chi connectivity index (χ2n) is 6.28. The van der Waals surface area contributed by atoms with E-state index in [1.165, 1.54) is 0 Å². The van der Waals surface area contributed by atoms with Gasteiger partial charge in [0.2, 0.25) is 10.0 Å². The Morgan fingerprint density at radius 1 is 1.22 bits per heavy atom. The number of esters is 1. The largest absolute Gasteiger partial charge is 0.459 e. The first-order chi connectivity index (χ1) is 12.8. The van der Waals surface area contributed by atoms with Crippen LogP contribution in [-0.4, -0.2) is 30.3 Å². The van der Waals surface area contributed by atoms with Crippen LogP contribution in [0.1, 0.15) is 23.2 Å². The van der Waals surface area contributed by atoms with Crippen molar-refractivity contribution in [2.45, 2.75) is 31.8 Å². The van der Waals surface area contributed by atoms with Crippen LogP contribution >= 0.6 is 0 Å². The van der Waals surface area contributed by atoms with Crippen molar-refractivity contribution in [1.82, 2.24) is 14.1 Å². The molecule has 142 valence electrons. The summed E-state index contributed by atoms with van der Waals surface area (Å²) < 4.78 is 34.2. The molecule has 1 N–H and O–H groups in total. The number of aryl methyl sites for hydroxylation is 2. The summed E-state index contributed by atoms with van der Waals surface area (Å²) >= 11 is 0. The molecule has 0 spiro atoms.